The number of benzene rings is 1. The number of urea groups is 1. The van der Waals surface area contributed by atoms with Crippen molar-refractivity contribution in [2.75, 3.05) is 31.1 Å². The minimum atomic E-state index is -4.50. The number of carbonyl (C=O) groups excluding carboxylic acids is 1. The third-order valence-electron chi connectivity index (χ3n) is 4.38. The number of nitrogens with zero attached hydrogens (tertiary/aromatic N) is 3. The summed E-state index contributed by atoms with van der Waals surface area (Å²) in [6, 6.07) is 7.32. The van der Waals surface area contributed by atoms with E-state index in [0.29, 0.717) is 38.4 Å². The molecule has 27 heavy (non-hydrogen) atoms. The lowest BCUT2D eigenvalue weighted by Gasteiger charge is -2.36. The van der Waals surface area contributed by atoms with Crippen LogP contribution in [0.2, 0.25) is 5.02 Å². The normalized spacial score (nSPS) is 15.0. The lowest BCUT2D eigenvalue weighted by atomic mass is 10.1. The van der Waals surface area contributed by atoms with E-state index in [9.17, 15) is 18.0 Å². The maximum absolute atomic E-state index is 13.0. The van der Waals surface area contributed by atoms with Gasteiger partial charge in [0.15, 0.2) is 0 Å². The van der Waals surface area contributed by atoms with Crippen LogP contribution in [0.5, 0.6) is 0 Å². The summed E-state index contributed by atoms with van der Waals surface area (Å²) in [7, 11) is 0. The Morgan fingerprint density at radius 2 is 1.78 bits per heavy atom. The molecule has 0 atom stereocenters. The average molecular weight is 399 g/mol. The lowest BCUT2D eigenvalue weighted by molar-refractivity contribution is -0.137. The van der Waals surface area contributed by atoms with Crippen LogP contribution in [-0.4, -0.2) is 42.1 Å². The van der Waals surface area contributed by atoms with E-state index in [1.54, 1.807) is 23.4 Å². The number of aromatic nitrogens is 1. The van der Waals surface area contributed by atoms with E-state index >= 15 is 0 Å². The number of halogens is 4. The number of anilines is 1. The smallest absolute Gasteiger partial charge is 0.368 e. The van der Waals surface area contributed by atoms with Gasteiger partial charge in [0.2, 0.25) is 0 Å². The molecular weight excluding hydrogens is 381 g/mol. The van der Waals surface area contributed by atoms with Gasteiger partial charge < -0.3 is 15.1 Å². The van der Waals surface area contributed by atoms with Crippen LogP contribution in [0.1, 0.15) is 11.1 Å². The van der Waals surface area contributed by atoms with Crippen LogP contribution < -0.4 is 10.2 Å². The second-order valence-corrected chi connectivity index (χ2v) is 6.56. The molecule has 1 saturated heterocycles. The number of rotatable bonds is 3. The number of carbonyl (C=O) groups is 1. The highest BCUT2D eigenvalue weighted by Gasteiger charge is 2.34. The molecule has 0 aliphatic carbocycles. The van der Waals surface area contributed by atoms with Crippen LogP contribution in [0.25, 0.3) is 0 Å². The molecular formula is C18H18ClF3N4O. The van der Waals surface area contributed by atoms with Crippen LogP contribution in [0.4, 0.5) is 23.7 Å². The number of amides is 2. The van der Waals surface area contributed by atoms with Gasteiger partial charge in [-0.25, -0.2) is 4.79 Å². The van der Waals surface area contributed by atoms with Gasteiger partial charge in [0.05, 0.1) is 10.6 Å². The first-order valence-corrected chi connectivity index (χ1v) is 8.76. The third kappa shape index (κ3) is 4.82. The van der Waals surface area contributed by atoms with Crippen molar-refractivity contribution in [3.63, 3.8) is 0 Å². The number of nitrogens with one attached hydrogen (secondary N) is 1. The van der Waals surface area contributed by atoms with Crippen molar-refractivity contribution in [1.82, 2.24) is 15.2 Å². The van der Waals surface area contributed by atoms with Crippen molar-refractivity contribution in [2.45, 2.75) is 12.7 Å². The van der Waals surface area contributed by atoms with E-state index in [1.807, 2.05) is 17.0 Å². The van der Waals surface area contributed by atoms with Gasteiger partial charge in [0.25, 0.3) is 0 Å². The van der Waals surface area contributed by atoms with Crippen molar-refractivity contribution in [3.05, 3.63) is 58.9 Å². The van der Waals surface area contributed by atoms with Crippen LogP contribution in [0.3, 0.4) is 0 Å². The number of alkyl halides is 3. The maximum atomic E-state index is 13.0. The average Bonchev–Trinajstić information content (AvgIpc) is 2.66. The highest BCUT2D eigenvalue weighted by atomic mass is 35.5. The fraction of sp³-hybridized carbons (Fsp3) is 0.333. The van der Waals surface area contributed by atoms with Crippen molar-refractivity contribution in [2.24, 2.45) is 0 Å². The Bertz CT molecular complexity index is 793. The predicted molar refractivity (Wildman–Crippen MR) is 96.7 cm³/mol. The zero-order chi connectivity index (χ0) is 19.4. The molecule has 1 aliphatic rings. The highest BCUT2D eigenvalue weighted by Crippen LogP contribution is 2.37. The summed E-state index contributed by atoms with van der Waals surface area (Å²) in [5, 5.41) is 2.52. The van der Waals surface area contributed by atoms with E-state index in [-0.39, 0.29) is 11.1 Å². The van der Waals surface area contributed by atoms with Gasteiger partial charge in [-0.15, -0.1) is 0 Å². The minimum Gasteiger partial charge on any atom is -0.368 e. The van der Waals surface area contributed by atoms with Crippen molar-refractivity contribution < 1.29 is 18.0 Å². The molecule has 0 radical (unpaired) electrons. The summed E-state index contributed by atoms with van der Waals surface area (Å²) in [5.41, 5.74) is 0.542. The molecule has 2 amide bonds. The second-order valence-electron chi connectivity index (χ2n) is 6.15. The Kier molecular flexibility index (Phi) is 5.74. The molecule has 1 aromatic carbocycles. The maximum Gasteiger partial charge on any atom is 0.417 e. The first-order valence-electron chi connectivity index (χ1n) is 8.38. The van der Waals surface area contributed by atoms with E-state index in [4.69, 9.17) is 11.6 Å². The highest BCUT2D eigenvalue weighted by molar-refractivity contribution is 6.31. The van der Waals surface area contributed by atoms with E-state index in [0.717, 1.165) is 11.6 Å². The minimum absolute atomic E-state index is 0.196. The number of hydrogen-bond acceptors (Lipinski definition) is 3. The van der Waals surface area contributed by atoms with E-state index in [2.05, 4.69) is 10.3 Å². The molecule has 144 valence electrons. The Balaban J connectivity index is 1.56. The number of pyridine rings is 1. The van der Waals surface area contributed by atoms with Gasteiger partial charge in [0.1, 0.15) is 0 Å². The molecule has 0 spiro atoms. The molecule has 2 heterocycles. The Labute approximate surface area is 159 Å². The van der Waals surface area contributed by atoms with Gasteiger partial charge in [-0.2, -0.15) is 13.2 Å². The molecule has 9 heteroatoms. The molecule has 3 rings (SSSR count). The van der Waals surface area contributed by atoms with Gasteiger partial charge >= 0.3 is 12.2 Å². The Morgan fingerprint density at radius 3 is 2.41 bits per heavy atom. The number of piperazine rings is 1. The zero-order valence-corrected chi connectivity index (χ0v) is 15.1. The molecule has 1 aromatic heterocycles. The molecule has 1 fully saturated rings. The molecule has 1 aliphatic heterocycles. The standard InChI is InChI=1S/C18H18ClF3N4O/c19-16-2-1-14(11-15(16)18(20,21)22)25-7-9-26(10-8-25)17(27)24-12-13-3-5-23-6-4-13/h1-6,11H,7-10,12H2,(H,24,27). The lowest BCUT2D eigenvalue weighted by Crippen LogP contribution is -2.51. The second kappa shape index (κ2) is 8.04. The summed E-state index contributed by atoms with van der Waals surface area (Å²) >= 11 is 5.67. The van der Waals surface area contributed by atoms with E-state index in [1.165, 1.54) is 6.07 Å². The van der Waals surface area contributed by atoms with Gasteiger partial charge in [0, 0.05) is 50.8 Å². The Hall–Kier alpha value is -2.48. The van der Waals surface area contributed by atoms with Crippen molar-refractivity contribution in [1.29, 1.82) is 0 Å². The summed E-state index contributed by atoms with van der Waals surface area (Å²) in [6.07, 6.45) is -1.19. The monoisotopic (exact) mass is 398 g/mol. The largest absolute Gasteiger partial charge is 0.417 e. The van der Waals surface area contributed by atoms with Crippen molar-refractivity contribution in [3.8, 4) is 0 Å². The molecule has 0 bridgehead atoms. The van der Waals surface area contributed by atoms with Gasteiger partial charge in [-0.3, -0.25) is 4.98 Å². The topological polar surface area (TPSA) is 48.5 Å². The summed E-state index contributed by atoms with van der Waals surface area (Å²) in [4.78, 5) is 19.6. The quantitative estimate of drug-likeness (QED) is 0.855. The summed E-state index contributed by atoms with van der Waals surface area (Å²) in [6.45, 7) is 2.13. The van der Waals surface area contributed by atoms with Crippen LogP contribution in [0.15, 0.2) is 42.7 Å². The fourth-order valence-corrected chi connectivity index (χ4v) is 3.11. The van der Waals surface area contributed by atoms with Gasteiger partial charge in [-0.1, -0.05) is 11.6 Å². The molecule has 5 nitrogen and oxygen atoms in total. The van der Waals surface area contributed by atoms with E-state index < -0.39 is 11.7 Å². The van der Waals surface area contributed by atoms with Crippen LogP contribution in [-0.2, 0) is 12.7 Å². The predicted octanol–water partition coefficient (Wildman–Crippen LogP) is 3.79. The number of hydrogen-bond donors (Lipinski definition) is 1. The third-order valence-corrected chi connectivity index (χ3v) is 4.71. The molecule has 1 N–H and O–H groups in total. The Morgan fingerprint density at radius 1 is 1.11 bits per heavy atom. The van der Waals surface area contributed by atoms with Crippen LogP contribution >= 0.6 is 11.6 Å². The van der Waals surface area contributed by atoms with Crippen molar-refractivity contribution >= 4 is 23.3 Å². The molecule has 0 saturated carbocycles. The fourth-order valence-electron chi connectivity index (χ4n) is 2.89. The first kappa shape index (κ1) is 19.3. The van der Waals surface area contributed by atoms with Crippen LogP contribution in [0, 0.1) is 0 Å². The molecule has 0 unspecified atom stereocenters. The SMILES string of the molecule is O=C(NCc1ccncc1)N1CCN(c2ccc(Cl)c(C(F)(F)F)c2)CC1. The zero-order valence-electron chi connectivity index (χ0n) is 14.3. The first-order chi connectivity index (χ1) is 12.8. The van der Waals surface area contributed by atoms with Gasteiger partial charge in [-0.05, 0) is 35.9 Å². The molecule has 2 aromatic rings. The summed E-state index contributed by atoms with van der Waals surface area (Å²) < 4.78 is 39.1. The summed E-state index contributed by atoms with van der Waals surface area (Å²) in [5.74, 6) is 0.